The van der Waals surface area contributed by atoms with Gasteiger partial charge in [0.15, 0.2) is 0 Å². The van der Waals surface area contributed by atoms with Crippen molar-refractivity contribution in [3.8, 4) is 5.75 Å². The lowest BCUT2D eigenvalue weighted by Crippen LogP contribution is -2.46. The van der Waals surface area contributed by atoms with Crippen LogP contribution in [0.5, 0.6) is 5.75 Å². The van der Waals surface area contributed by atoms with Gasteiger partial charge < -0.3 is 10.1 Å². The Labute approximate surface area is 115 Å². The molecule has 100 valence electrons. The third-order valence-corrected chi connectivity index (χ3v) is 3.87. The van der Waals surface area contributed by atoms with Gasteiger partial charge in [-0.3, -0.25) is 0 Å². The predicted octanol–water partition coefficient (Wildman–Crippen LogP) is 3.89. The molecule has 0 aliphatic heterocycles. The molecule has 1 aliphatic carbocycles. The fraction of sp³-hybridized carbons (Fsp3) is 0.600. The van der Waals surface area contributed by atoms with Crippen LogP contribution in [0.4, 0.5) is 0 Å². The van der Waals surface area contributed by atoms with Crippen molar-refractivity contribution in [3.05, 3.63) is 29.3 Å². The first-order valence-corrected chi connectivity index (χ1v) is 7.22. The SMILES string of the molecule is CCNC1CCC(C)CC1Oc1ccc(Cl)cc1. The second-order valence-corrected chi connectivity index (χ2v) is 5.63. The van der Waals surface area contributed by atoms with E-state index >= 15 is 0 Å². The summed E-state index contributed by atoms with van der Waals surface area (Å²) in [4.78, 5) is 0. The van der Waals surface area contributed by atoms with Crippen molar-refractivity contribution in [2.45, 2.75) is 45.3 Å². The Bertz CT molecular complexity index is 365. The molecule has 2 nitrogen and oxygen atoms in total. The zero-order valence-corrected chi connectivity index (χ0v) is 11.9. The van der Waals surface area contributed by atoms with Crippen LogP contribution < -0.4 is 10.1 Å². The van der Waals surface area contributed by atoms with Gasteiger partial charge in [0.1, 0.15) is 11.9 Å². The van der Waals surface area contributed by atoms with Gasteiger partial charge in [-0.2, -0.15) is 0 Å². The van der Waals surface area contributed by atoms with E-state index in [0.717, 1.165) is 29.7 Å². The molecule has 3 unspecified atom stereocenters. The molecule has 0 heterocycles. The highest BCUT2D eigenvalue weighted by Gasteiger charge is 2.29. The van der Waals surface area contributed by atoms with Crippen LogP contribution in [0.1, 0.15) is 33.1 Å². The quantitative estimate of drug-likeness (QED) is 0.894. The molecule has 0 saturated heterocycles. The zero-order chi connectivity index (χ0) is 13.0. The van der Waals surface area contributed by atoms with Crippen LogP contribution in [0.25, 0.3) is 0 Å². The van der Waals surface area contributed by atoms with Crippen LogP contribution in [0.2, 0.25) is 5.02 Å². The predicted molar refractivity (Wildman–Crippen MR) is 76.3 cm³/mol. The monoisotopic (exact) mass is 267 g/mol. The number of rotatable bonds is 4. The van der Waals surface area contributed by atoms with Gasteiger partial charge in [0.2, 0.25) is 0 Å². The van der Waals surface area contributed by atoms with Gasteiger partial charge in [0.25, 0.3) is 0 Å². The summed E-state index contributed by atoms with van der Waals surface area (Å²) >= 11 is 5.89. The molecule has 0 bridgehead atoms. The van der Waals surface area contributed by atoms with Crippen molar-refractivity contribution in [1.82, 2.24) is 5.32 Å². The summed E-state index contributed by atoms with van der Waals surface area (Å²) < 4.78 is 6.12. The topological polar surface area (TPSA) is 21.3 Å². The van der Waals surface area contributed by atoms with Crippen molar-refractivity contribution in [1.29, 1.82) is 0 Å². The fourth-order valence-corrected chi connectivity index (χ4v) is 2.77. The van der Waals surface area contributed by atoms with E-state index in [4.69, 9.17) is 16.3 Å². The Morgan fingerprint density at radius 2 is 2.00 bits per heavy atom. The molecule has 0 radical (unpaired) electrons. The number of benzene rings is 1. The molecule has 0 amide bonds. The highest BCUT2D eigenvalue weighted by molar-refractivity contribution is 6.30. The Hall–Kier alpha value is -0.730. The van der Waals surface area contributed by atoms with E-state index in [1.54, 1.807) is 0 Å². The van der Waals surface area contributed by atoms with Crippen LogP contribution >= 0.6 is 11.6 Å². The van der Waals surface area contributed by atoms with Gasteiger partial charge in [-0.15, -0.1) is 0 Å². The number of nitrogens with one attached hydrogen (secondary N) is 1. The van der Waals surface area contributed by atoms with Gasteiger partial charge in [-0.1, -0.05) is 25.4 Å². The maximum Gasteiger partial charge on any atom is 0.119 e. The van der Waals surface area contributed by atoms with Crippen molar-refractivity contribution in [2.24, 2.45) is 5.92 Å². The molecular weight excluding hydrogens is 246 g/mol. The van der Waals surface area contributed by atoms with E-state index in [0.29, 0.717) is 6.04 Å². The summed E-state index contributed by atoms with van der Waals surface area (Å²) in [5, 5.41) is 4.29. The van der Waals surface area contributed by atoms with E-state index in [1.807, 2.05) is 24.3 Å². The molecule has 3 heteroatoms. The lowest BCUT2D eigenvalue weighted by atomic mass is 9.85. The number of hydrogen-bond donors (Lipinski definition) is 1. The van der Waals surface area contributed by atoms with E-state index < -0.39 is 0 Å². The Balaban J connectivity index is 2.01. The standard InChI is InChI=1S/C15H22ClNO/c1-3-17-14-9-4-11(2)10-15(14)18-13-7-5-12(16)6-8-13/h5-8,11,14-15,17H,3-4,9-10H2,1-2H3. The first kappa shape index (κ1) is 13.7. The average molecular weight is 268 g/mol. The summed E-state index contributed by atoms with van der Waals surface area (Å²) in [5.41, 5.74) is 0. The second-order valence-electron chi connectivity index (χ2n) is 5.19. The summed E-state index contributed by atoms with van der Waals surface area (Å²) in [5.74, 6) is 1.67. The Kier molecular flexibility index (Phi) is 4.90. The molecule has 1 fully saturated rings. The molecule has 1 aliphatic rings. The van der Waals surface area contributed by atoms with Crippen LogP contribution in [0.15, 0.2) is 24.3 Å². The van der Waals surface area contributed by atoms with Crippen LogP contribution in [-0.2, 0) is 0 Å². The number of likely N-dealkylation sites (N-methyl/N-ethyl adjacent to an activating group) is 1. The summed E-state index contributed by atoms with van der Waals surface area (Å²) in [7, 11) is 0. The molecule has 18 heavy (non-hydrogen) atoms. The van der Waals surface area contributed by atoms with Crippen molar-refractivity contribution < 1.29 is 4.74 Å². The lowest BCUT2D eigenvalue weighted by molar-refractivity contribution is 0.0916. The van der Waals surface area contributed by atoms with Gasteiger partial charge in [0, 0.05) is 11.1 Å². The molecule has 1 N–H and O–H groups in total. The maximum atomic E-state index is 6.12. The molecule has 0 spiro atoms. The summed E-state index contributed by atoms with van der Waals surface area (Å²) in [6.07, 6.45) is 3.89. The molecule has 3 atom stereocenters. The maximum absolute atomic E-state index is 6.12. The minimum atomic E-state index is 0.273. The van der Waals surface area contributed by atoms with Crippen LogP contribution in [-0.4, -0.2) is 18.7 Å². The van der Waals surface area contributed by atoms with Crippen molar-refractivity contribution in [2.75, 3.05) is 6.54 Å². The minimum absolute atomic E-state index is 0.273. The average Bonchev–Trinajstić information content (AvgIpc) is 2.36. The van der Waals surface area contributed by atoms with E-state index in [-0.39, 0.29) is 6.10 Å². The Morgan fingerprint density at radius 3 is 2.67 bits per heavy atom. The smallest absolute Gasteiger partial charge is 0.119 e. The van der Waals surface area contributed by atoms with Crippen LogP contribution in [0.3, 0.4) is 0 Å². The largest absolute Gasteiger partial charge is 0.489 e. The fourth-order valence-electron chi connectivity index (χ4n) is 2.64. The van der Waals surface area contributed by atoms with E-state index in [9.17, 15) is 0 Å². The minimum Gasteiger partial charge on any atom is -0.489 e. The molecule has 0 aromatic heterocycles. The number of halogens is 1. The highest BCUT2D eigenvalue weighted by Crippen LogP contribution is 2.28. The van der Waals surface area contributed by atoms with Crippen molar-refractivity contribution in [3.63, 3.8) is 0 Å². The van der Waals surface area contributed by atoms with Gasteiger partial charge in [-0.25, -0.2) is 0 Å². The first-order valence-electron chi connectivity index (χ1n) is 6.84. The highest BCUT2D eigenvalue weighted by atomic mass is 35.5. The van der Waals surface area contributed by atoms with Gasteiger partial charge in [0.05, 0.1) is 0 Å². The molecule has 1 aromatic rings. The van der Waals surface area contributed by atoms with Crippen molar-refractivity contribution >= 4 is 11.6 Å². The second kappa shape index (κ2) is 6.44. The normalized spacial score (nSPS) is 28.1. The lowest BCUT2D eigenvalue weighted by Gasteiger charge is -2.35. The van der Waals surface area contributed by atoms with E-state index in [1.165, 1.54) is 12.8 Å². The zero-order valence-electron chi connectivity index (χ0n) is 11.2. The molecular formula is C15H22ClNO. The van der Waals surface area contributed by atoms with Gasteiger partial charge in [-0.05, 0) is 56.0 Å². The van der Waals surface area contributed by atoms with Gasteiger partial charge >= 0.3 is 0 Å². The molecule has 2 rings (SSSR count). The third kappa shape index (κ3) is 3.63. The third-order valence-electron chi connectivity index (χ3n) is 3.62. The first-order chi connectivity index (χ1) is 8.69. The number of ether oxygens (including phenoxy) is 1. The summed E-state index contributed by atoms with van der Waals surface area (Å²) in [6.45, 7) is 5.46. The molecule has 1 saturated carbocycles. The Morgan fingerprint density at radius 1 is 1.28 bits per heavy atom. The molecule has 1 aromatic carbocycles. The number of hydrogen-bond acceptors (Lipinski definition) is 2. The summed E-state index contributed by atoms with van der Waals surface area (Å²) in [6, 6.07) is 8.13. The van der Waals surface area contributed by atoms with E-state index in [2.05, 4.69) is 19.2 Å². The van der Waals surface area contributed by atoms with Crippen LogP contribution in [0, 0.1) is 5.92 Å².